The highest BCUT2D eigenvalue weighted by molar-refractivity contribution is 9.10. The van der Waals surface area contributed by atoms with Gasteiger partial charge in [0.2, 0.25) is 0 Å². The summed E-state index contributed by atoms with van der Waals surface area (Å²) in [5.41, 5.74) is 1.13. The first-order valence-corrected chi connectivity index (χ1v) is 5.52. The number of ether oxygens (including phenoxy) is 1. The molecule has 0 aliphatic heterocycles. The Morgan fingerprint density at radius 2 is 2.00 bits per heavy atom. The van der Waals surface area contributed by atoms with Crippen molar-refractivity contribution < 1.29 is 9.84 Å². The van der Waals surface area contributed by atoms with Crippen molar-refractivity contribution >= 4 is 15.9 Å². The van der Waals surface area contributed by atoms with Gasteiger partial charge in [0.05, 0.1) is 12.7 Å². The van der Waals surface area contributed by atoms with E-state index in [1.165, 1.54) is 0 Å². The number of hydrogen-bond donors (Lipinski definition) is 1. The molecule has 0 aliphatic carbocycles. The molecule has 0 saturated carbocycles. The molecular weight excluding hydrogens is 244 g/mol. The van der Waals surface area contributed by atoms with Gasteiger partial charge in [-0.2, -0.15) is 0 Å². The molecule has 0 aliphatic rings. The van der Waals surface area contributed by atoms with Gasteiger partial charge in [0.25, 0.3) is 0 Å². The highest BCUT2D eigenvalue weighted by Crippen LogP contribution is 2.11. The number of halogens is 1. The molecule has 1 rings (SSSR count). The molecule has 1 aromatic rings. The van der Waals surface area contributed by atoms with Crippen LogP contribution in [0.2, 0.25) is 0 Å². The van der Waals surface area contributed by atoms with Crippen LogP contribution in [0.25, 0.3) is 0 Å². The summed E-state index contributed by atoms with van der Waals surface area (Å²) >= 11 is 3.37. The maximum absolute atomic E-state index is 9.57. The average Bonchev–Trinajstić information content (AvgIpc) is 2.18. The van der Waals surface area contributed by atoms with Gasteiger partial charge in [-0.1, -0.05) is 28.1 Å². The summed E-state index contributed by atoms with van der Waals surface area (Å²) in [5, 5.41) is 9.57. The Labute approximate surface area is 93.0 Å². The predicted octanol–water partition coefficient (Wildman–Crippen LogP) is 2.39. The lowest BCUT2D eigenvalue weighted by Gasteiger charge is -2.10. The first-order valence-electron chi connectivity index (χ1n) is 4.72. The van der Waals surface area contributed by atoms with Crippen LogP contribution in [0.3, 0.4) is 0 Å². The predicted molar refractivity (Wildman–Crippen MR) is 60.3 cm³/mol. The minimum absolute atomic E-state index is 0.406. The fourth-order valence-electron chi connectivity index (χ4n) is 1.21. The largest absolute Gasteiger partial charge is 0.390 e. The highest BCUT2D eigenvalue weighted by Gasteiger charge is 2.04. The molecule has 0 heterocycles. The zero-order valence-corrected chi connectivity index (χ0v) is 9.83. The number of aliphatic hydroxyl groups is 1. The normalized spacial score (nSPS) is 12.8. The van der Waals surface area contributed by atoms with E-state index in [9.17, 15) is 5.11 Å². The van der Waals surface area contributed by atoms with Crippen molar-refractivity contribution in [2.24, 2.45) is 0 Å². The van der Waals surface area contributed by atoms with Crippen LogP contribution >= 0.6 is 15.9 Å². The summed E-state index contributed by atoms with van der Waals surface area (Å²) in [6.45, 7) is 2.98. The van der Waals surface area contributed by atoms with Gasteiger partial charge >= 0.3 is 0 Å². The van der Waals surface area contributed by atoms with Crippen molar-refractivity contribution in [2.45, 2.75) is 19.4 Å². The molecule has 0 aromatic heterocycles. The van der Waals surface area contributed by atoms with Gasteiger partial charge in [-0.15, -0.1) is 0 Å². The number of hydrogen-bond acceptors (Lipinski definition) is 2. The molecule has 0 radical (unpaired) electrons. The summed E-state index contributed by atoms with van der Waals surface area (Å²) in [4.78, 5) is 0. The second kappa shape index (κ2) is 6.17. The zero-order chi connectivity index (χ0) is 10.4. The topological polar surface area (TPSA) is 29.5 Å². The van der Waals surface area contributed by atoms with Crippen molar-refractivity contribution in [3.63, 3.8) is 0 Å². The van der Waals surface area contributed by atoms with Crippen LogP contribution in [0.1, 0.15) is 12.5 Å². The number of rotatable bonds is 5. The molecule has 1 N–H and O–H groups in total. The quantitative estimate of drug-likeness (QED) is 0.879. The Morgan fingerprint density at radius 1 is 1.36 bits per heavy atom. The molecule has 3 heteroatoms. The van der Waals surface area contributed by atoms with Crippen LogP contribution in [0.15, 0.2) is 28.7 Å². The van der Waals surface area contributed by atoms with Gasteiger partial charge < -0.3 is 9.84 Å². The van der Waals surface area contributed by atoms with E-state index in [2.05, 4.69) is 15.9 Å². The van der Waals surface area contributed by atoms with Gasteiger partial charge in [-0.3, -0.25) is 0 Å². The minimum atomic E-state index is -0.406. The van der Waals surface area contributed by atoms with Crippen LogP contribution in [-0.2, 0) is 11.2 Å². The molecule has 1 aromatic carbocycles. The van der Waals surface area contributed by atoms with Gasteiger partial charge in [-0.25, -0.2) is 0 Å². The third kappa shape index (κ3) is 4.22. The maximum atomic E-state index is 9.57. The molecule has 0 spiro atoms. The summed E-state index contributed by atoms with van der Waals surface area (Å²) in [6, 6.07) is 7.95. The van der Waals surface area contributed by atoms with E-state index in [0.29, 0.717) is 19.6 Å². The van der Waals surface area contributed by atoms with E-state index in [1.807, 2.05) is 31.2 Å². The lowest BCUT2D eigenvalue weighted by atomic mass is 10.1. The third-order valence-corrected chi connectivity index (χ3v) is 2.43. The highest BCUT2D eigenvalue weighted by atomic mass is 79.9. The smallest absolute Gasteiger partial charge is 0.0813 e. The molecule has 0 amide bonds. The summed E-state index contributed by atoms with van der Waals surface area (Å²) in [7, 11) is 0. The Kier molecular flexibility index (Phi) is 5.15. The van der Waals surface area contributed by atoms with Gasteiger partial charge in [-0.05, 0) is 24.6 Å². The van der Waals surface area contributed by atoms with Crippen LogP contribution < -0.4 is 0 Å². The molecule has 0 saturated heterocycles. The molecule has 0 bridgehead atoms. The van der Waals surface area contributed by atoms with Crippen LogP contribution in [-0.4, -0.2) is 24.4 Å². The standard InChI is InChI=1S/C11H15BrO2/c1-2-14-8-11(13)7-9-3-5-10(12)6-4-9/h3-6,11,13H,2,7-8H2,1H3. The van der Waals surface area contributed by atoms with Crippen molar-refractivity contribution in [2.75, 3.05) is 13.2 Å². The summed E-state index contributed by atoms with van der Waals surface area (Å²) in [5.74, 6) is 0. The lowest BCUT2D eigenvalue weighted by molar-refractivity contribution is 0.0430. The second-order valence-electron chi connectivity index (χ2n) is 3.14. The molecule has 1 unspecified atom stereocenters. The molecule has 14 heavy (non-hydrogen) atoms. The van der Waals surface area contributed by atoms with Crippen LogP contribution in [0.5, 0.6) is 0 Å². The van der Waals surface area contributed by atoms with Crippen LogP contribution in [0.4, 0.5) is 0 Å². The number of aliphatic hydroxyl groups excluding tert-OH is 1. The molecule has 1 atom stereocenters. The lowest BCUT2D eigenvalue weighted by Crippen LogP contribution is -2.17. The first kappa shape index (κ1) is 11.7. The zero-order valence-electron chi connectivity index (χ0n) is 8.24. The van der Waals surface area contributed by atoms with Crippen molar-refractivity contribution in [1.82, 2.24) is 0 Å². The van der Waals surface area contributed by atoms with E-state index < -0.39 is 6.10 Å². The van der Waals surface area contributed by atoms with Crippen LogP contribution in [0, 0.1) is 0 Å². The summed E-state index contributed by atoms with van der Waals surface area (Å²) < 4.78 is 6.19. The first-order chi connectivity index (χ1) is 6.72. The van der Waals surface area contributed by atoms with E-state index in [1.54, 1.807) is 0 Å². The monoisotopic (exact) mass is 258 g/mol. The minimum Gasteiger partial charge on any atom is -0.390 e. The second-order valence-corrected chi connectivity index (χ2v) is 4.06. The Balaban J connectivity index is 2.39. The fraction of sp³-hybridized carbons (Fsp3) is 0.455. The Hall–Kier alpha value is -0.380. The van der Waals surface area contributed by atoms with E-state index in [0.717, 1.165) is 10.0 Å². The number of benzene rings is 1. The van der Waals surface area contributed by atoms with E-state index in [4.69, 9.17) is 4.74 Å². The molecule has 0 fully saturated rings. The Bertz CT molecular complexity index is 258. The SMILES string of the molecule is CCOCC(O)Cc1ccc(Br)cc1. The van der Waals surface area contributed by atoms with Gasteiger partial charge in [0.15, 0.2) is 0 Å². The Morgan fingerprint density at radius 3 is 2.57 bits per heavy atom. The fourth-order valence-corrected chi connectivity index (χ4v) is 1.47. The van der Waals surface area contributed by atoms with E-state index in [-0.39, 0.29) is 0 Å². The van der Waals surface area contributed by atoms with Crippen molar-refractivity contribution in [1.29, 1.82) is 0 Å². The van der Waals surface area contributed by atoms with Gasteiger partial charge in [0.1, 0.15) is 0 Å². The molecular formula is C11H15BrO2. The molecule has 78 valence electrons. The van der Waals surface area contributed by atoms with E-state index >= 15 is 0 Å². The summed E-state index contributed by atoms with van der Waals surface area (Å²) in [6.07, 6.45) is 0.240. The maximum Gasteiger partial charge on any atom is 0.0813 e. The third-order valence-electron chi connectivity index (χ3n) is 1.90. The van der Waals surface area contributed by atoms with Gasteiger partial charge in [0, 0.05) is 17.5 Å². The van der Waals surface area contributed by atoms with Crippen molar-refractivity contribution in [3.8, 4) is 0 Å². The van der Waals surface area contributed by atoms with Crippen molar-refractivity contribution in [3.05, 3.63) is 34.3 Å². The average molecular weight is 259 g/mol. The molecule has 2 nitrogen and oxygen atoms in total.